The van der Waals surface area contributed by atoms with E-state index in [1.54, 1.807) is 25.3 Å². The van der Waals surface area contributed by atoms with Gasteiger partial charge in [0.1, 0.15) is 5.75 Å². The first-order chi connectivity index (χ1) is 9.11. The summed E-state index contributed by atoms with van der Waals surface area (Å²) in [6.07, 6.45) is 0. The summed E-state index contributed by atoms with van der Waals surface area (Å²) in [5.41, 5.74) is 7.20. The number of hydrogen-bond donors (Lipinski definition) is 1. The number of nitrogens with two attached hydrogens (primary N) is 1. The summed E-state index contributed by atoms with van der Waals surface area (Å²) in [6, 6.07) is 12.6. The molecule has 0 saturated heterocycles. The van der Waals surface area contributed by atoms with Crippen LogP contribution in [0.25, 0.3) is 0 Å². The summed E-state index contributed by atoms with van der Waals surface area (Å²) < 4.78 is 17.5. The maximum atomic E-state index is 12.4. The zero-order chi connectivity index (χ0) is 13.8. The maximum Gasteiger partial charge on any atom is 0.119 e. The summed E-state index contributed by atoms with van der Waals surface area (Å²) >= 11 is 6.05. The van der Waals surface area contributed by atoms with Crippen LogP contribution in [0, 0.1) is 0 Å². The molecule has 0 amide bonds. The van der Waals surface area contributed by atoms with Crippen LogP contribution in [0.1, 0.15) is 5.56 Å². The molecular formula is C14H14ClNO2S. The second-order valence-corrected chi connectivity index (χ2v) is 5.79. The summed E-state index contributed by atoms with van der Waals surface area (Å²) in [4.78, 5) is 0.493. The van der Waals surface area contributed by atoms with Crippen molar-refractivity contribution in [1.29, 1.82) is 0 Å². The molecule has 0 bridgehead atoms. The molecule has 0 spiro atoms. The number of halogens is 1. The van der Waals surface area contributed by atoms with Crippen molar-refractivity contribution in [1.82, 2.24) is 0 Å². The van der Waals surface area contributed by atoms with E-state index in [1.165, 1.54) is 0 Å². The van der Waals surface area contributed by atoms with Crippen LogP contribution < -0.4 is 10.5 Å². The lowest BCUT2D eigenvalue weighted by molar-refractivity contribution is 0.414. The predicted molar refractivity (Wildman–Crippen MR) is 79.0 cm³/mol. The monoisotopic (exact) mass is 295 g/mol. The molecule has 19 heavy (non-hydrogen) atoms. The van der Waals surface area contributed by atoms with E-state index in [4.69, 9.17) is 22.1 Å². The molecule has 2 aromatic carbocycles. The minimum absolute atomic E-state index is 0.352. The maximum absolute atomic E-state index is 12.4. The van der Waals surface area contributed by atoms with E-state index in [2.05, 4.69) is 0 Å². The number of anilines is 1. The van der Waals surface area contributed by atoms with Gasteiger partial charge in [-0.25, -0.2) is 0 Å². The van der Waals surface area contributed by atoms with Gasteiger partial charge in [0.25, 0.3) is 0 Å². The average molecular weight is 296 g/mol. The zero-order valence-corrected chi connectivity index (χ0v) is 12.0. The Labute approximate surface area is 119 Å². The fraction of sp³-hybridized carbons (Fsp3) is 0.143. The highest BCUT2D eigenvalue weighted by molar-refractivity contribution is 7.84. The lowest BCUT2D eigenvalue weighted by atomic mass is 10.2. The summed E-state index contributed by atoms with van der Waals surface area (Å²) in [7, 11) is 0.319. The molecule has 0 aliphatic rings. The Kier molecular flexibility index (Phi) is 4.45. The van der Waals surface area contributed by atoms with Gasteiger partial charge in [-0.1, -0.05) is 29.8 Å². The fourth-order valence-electron chi connectivity index (χ4n) is 1.75. The van der Waals surface area contributed by atoms with Crippen molar-refractivity contribution >= 4 is 28.1 Å². The standard InChI is InChI=1S/C14H14ClNO2S/c1-18-11-5-2-4-10(8-11)9-19(17)14-12(15)6-3-7-13(14)16/h2-8H,9,16H2,1H3. The van der Waals surface area contributed by atoms with Gasteiger partial charge in [-0.3, -0.25) is 4.21 Å². The summed E-state index contributed by atoms with van der Waals surface area (Å²) in [5.74, 6) is 1.09. The molecule has 0 aliphatic carbocycles. The summed E-state index contributed by atoms with van der Waals surface area (Å²) in [6.45, 7) is 0. The van der Waals surface area contributed by atoms with E-state index in [1.807, 2.05) is 24.3 Å². The van der Waals surface area contributed by atoms with Crippen molar-refractivity contribution in [3.63, 3.8) is 0 Å². The van der Waals surface area contributed by atoms with Crippen LogP contribution in [0.2, 0.25) is 5.02 Å². The number of hydrogen-bond acceptors (Lipinski definition) is 3. The first-order valence-electron chi connectivity index (χ1n) is 5.67. The number of methoxy groups -OCH3 is 1. The highest BCUT2D eigenvalue weighted by Crippen LogP contribution is 2.27. The summed E-state index contributed by atoms with van der Waals surface area (Å²) in [5, 5.41) is 0.432. The predicted octanol–water partition coefficient (Wildman–Crippen LogP) is 3.24. The number of rotatable bonds is 4. The topological polar surface area (TPSA) is 52.3 Å². The number of nitrogen functional groups attached to an aromatic ring is 1. The van der Waals surface area contributed by atoms with Gasteiger partial charge in [-0.05, 0) is 29.8 Å². The van der Waals surface area contributed by atoms with Gasteiger partial charge in [-0.2, -0.15) is 0 Å². The highest BCUT2D eigenvalue weighted by Gasteiger charge is 2.13. The normalized spacial score (nSPS) is 12.1. The van der Waals surface area contributed by atoms with Crippen LogP contribution in [0.3, 0.4) is 0 Å². The third-order valence-corrected chi connectivity index (χ3v) is 4.59. The molecule has 0 aromatic heterocycles. The van der Waals surface area contributed by atoms with Gasteiger partial charge in [0.15, 0.2) is 0 Å². The van der Waals surface area contributed by atoms with Crippen LogP contribution in [0.4, 0.5) is 5.69 Å². The molecule has 3 nitrogen and oxygen atoms in total. The van der Waals surface area contributed by atoms with Gasteiger partial charge in [0.05, 0.1) is 33.6 Å². The van der Waals surface area contributed by atoms with Gasteiger partial charge < -0.3 is 10.5 Å². The van der Waals surface area contributed by atoms with E-state index < -0.39 is 10.8 Å². The van der Waals surface area contributed by atoms with Gasteiger partial charge >= 0.3 is 0 Å². The minimum Gasteiger partial charge on any atom is -0.497 e. The Balaban J connectivity index is 2.26. The molecule has 100 valence electrons. The van der Waals surface area contributed by atoms with Crippen molar-refractivity contribution in [2.45, 2.75) is 10.6 Å². The van der Waals surface area contributed by atoms with Gasteiger partial charge in [0.2, 0.25) is 0 Å². The fourth-order valence-corrected chi connectivity index (χ4v) is 3.43. The van der Waals surface area contributed by atoms with Gasteiger partial charge in [0, 0.05) is 5.69 Å². The molecule has 0 saturated carbocycles. The molecule has 0 aliphatic heterocycles. The molecule has 0 heterocycles. The van der Waals surface area contributed by atoms with Crippen LogP contribution in [-0.4, -0.2) is 11.3 Å². The molecule has 1 atom stereocenters. The Bertz CT molecular complexity index is 596. The molecule has 5 heteroatoms. The zero-order valence-electron chi connectivity index (χ0n) is 10.4. The largest absolute Gasteiger partial charge is 0.497 e. The van der Waals surface area contributed by atoms with Crippen LogP contribution >= 0.6 is 11.6 Å². The lowest BCUT2D eigenvalue weighted by Crippen LogP contribution is -2.02. The smallest absolute Gasteiger partial charge is 0.119 e. The molecule has 0 fully saturated rings. The Morgan fingerprint density at radius 2 is 2.00 bits per heavy atom. The van der Waals surface area contributed by atoms with Gasteiger partial charge in [-0.15, -0.1) is 0 Å². The van der Waals surface area contributed by atoms with Crippen molar-refractivity contribution in [2.75, 3.05) is 12.8 Å². The van der Waals surface area contributed by atoms with Crippen molar-refractivity contribution in [3.8, 4) is 5.75 Å². The molecule has 1 unspecified atom stereocenters. The Morgan fingerprint density at radius 3 is 2.68 bits per heavy atom. The van der Waals surface area contributed by atoms with E-state index in [0.717, 1.165) is 11.3 Å². The lowest BCUT2D eigenvalue weighted by Gasteiger charge is -2.08. The van der Waals surface area contributed by atoms with Crippen molar-refractivity contribution < 1.29 is 8.95 Å². The second kappa shape index (κ2) is 6.08. The number of ether oxygens (including phenoxy) is 1. The van der Waals surface area contributed by atoms with Crippen molar-refractivity contribution in [3.05, 3.63) is 53.1 Å². The molecular weight excluding hydrogens is 282 g/mol. The van der Waals surface area contributed by atoms with Crippen LogP contribution in [0.15, 0.2) is 47.4 Å². The highest BCUT2D eigenvalue weighted by atomic mass is 35.5. The SMILES string of the molecule is COc1cccc(CS(=O)c2c(N)cccc2Cl)c1. The quantitative estimate of drug-likeness (QED) is 0.881. The second-order valence-electron chi connectivity index (χ2n) is 4.00. The Hall–Kier alpha value is -1.52. The molecule has 2 N–H and O–H groups in total. The third-order valence-electron chi connectivity index (χ3n) is 2.66. The van der Waals surface area contributed by atoms with E-state index >= 15 is 0 Å². The average Bonchev–Trinajstić information content (AvgIpc) is 2.38. The number of benzene rings is 2. The first kappa shape index (κ1) is 13.9. The van der Waals surface area contributed by atoms with E-state index in [0.29, 0.717) is 21.4 Å². The minimum atomic E-state index is -1.28. The van der Waals surface area contributed by atoms with Crippen LogP contribution in [-0.2, 0) is 16.6 Å². The van der Waals surface area contributed by atoms with E-state index in [9.17, 15) is 4.21 Å². The van der Waals surface area contributed by atoms with Crippen molar-refractivity contribution in [2.24, 2.45) is 0 Å². The van der Waals surface area contributed by atoms with Crippen LogP contribution in [0.5, 0.6) is 5.75 Å². The Morgan fingerprint density at radius 1 is 1.26 bits per heavy atom. The molecule has 2 rings (SSSR count). The van der Waals surface area contributed by atoms with E-state index in [-0.39, 0.29) is 0 Å². The first-order valence-corrected chi connectivity index (χ1v) is 7.37. The molecule has 2 aromatic rings. The third kappa shape index (κ3) is 3.28. The molecule has 0 radical (unpaired) electrons.